The number of rotatable bonds is 7. The number of fused-ring (bicyclic) bond motifs is 1. The zero-order valence-corrected chi connectivity index (χ0v) is 18.1. The van der Waals surface area contributed by atoms with Gasteiger partial charge in [0.15, 0.2) is 5.82 Å². The van der Waals surface area contributed by atoms with Crippen LogP contribution in [0.4, 0.5) is 15.9 Å². The first-order valence-corrected chi connectivity index (χ1v) is 10.7. The molecule has 31 heavy (non-hydrogen) atoms. The van der Waals surface area contributed by atoms with E-state index in [1.165, 1.54) is 12.1 Å². The number of aromatic nitrogens is 4. The van der Waals surface area contributed by atoms with E-state index in [1.807, 2.05) is 30.9 Å². The van der Waals surface area contributed by atoms with Gasteiger partial charge < -0.3 is 9.80 Å². The predicted octanol–water partition coefficient (Wildman–Crippen LogP) is 3.23. The van der Waals surface area contributed by atoms with Crippen molar-refractivity contribution in [3.8, 4) is 0 Å². The molecule has 0 N–H and O–H groups in total. The van der Waals surface area contributed by atoms with Gasteiger partial charge in [0.1, 0.15) is 23.4 Å². The number of amides is 1. The molecule has 0 radical (unpaired) electrons. The van der Waals surface area contributed by atoms with Crippen molar-refractivity contribution in [3.05, 3.63) is 65.6 Å². The maximum atomic E-state index is 13.1. The first-order valence-electron chi connectivity index (χ1n) is 10.7. The van der Waals surface area contributed by atoms with E-state index in [1.54, 1.807) is 30.3 Å². The second-order valence-electron chi connectivity index (χ2n) is 7.78. The average molecular weight is 423 g/mol. The zero-order valence-electron chi connectivity index (χ0n) is 18.1. The molecule has 1 aliphatic heterocycles. The van der Waals surface area contributed by atoms with Crippen LogP contribution < -0.4 is 9.80 Å². The molecule has 1 amide bonds. The van der Waals surface area contributed by atoms with Gasteiger partial charge in [-0.05, 0) is 43.0 Å². The van der Waals surface area contributed by atoms with Crippen molar-refractivity contribution in [2.75, 3.05) is 23.4 Å². The maximum Gasteiger partial charge on any atom is 0.249 e. The molecule has 0 spiro atoms. The average Bonchev–Trinajstić information content (AvgIpc) is 3.23. The lowest BCUT2D eigenvalue weighted by atomic mass is 10.1. The Labute approximate surface area is 181 Å². The lowest BCUT2D eigenvalue weighted by Gasteiger charge is -2.39. The molecule has 1 aliphatic rings. The predicted molar refractivity (Wildman–Crippen MR) is 118 cm³/mol. The van der Waals surface area contributed by atoms with Crippen molar-refractivity contribution in [2.45, 2.75) is 45.7 Å². The minimum atomic E-state index is -0.239. The van der Waals surface area contributed by atoms with Crippen molar-refractivity contribution in [1.29, 1.82) is 0 Å². The van der Waals surface area contributed by atoms with Crippen LogP contribution >= 0.6 is 0 Å². The Balaban J connectivity index is 1.46. The monoisotopic (exact) mass is 422 g/mol. The van der Waals surface area contributed by atoms with Crippen molar-refractivity contribution >= 4 is 17.4 Å². The fourth-order valence-corrected chi connectivity index (χ4v) is 4.01. The normalized spacial score (nSPS) is 16.0. The quantitative estimate of drug-likeness (QED) is 0.585. The summed E-state index contributed by atoms with van der Waals surface area (Å²) in [5, 5.41) is 4.41. The number of benzene rings is 1. The first kappa shape index (κ1) is 21.0. The fraction of sp³-hybridized carbons (Fsp3) is 0.391. The second-order valence-corrected chi connectivity index (χ2v) is 7.78. The molecule has 0 bridgehead atoms. The highest BCUT2D eigenvalue weighted by Gasteiger charge is 2.36. The Morgan fingerprint density at radius 1 is 1.06 bits per heavy atom. The van der Waals surface area contributed by atoms with Gasteiger partial charge in [-0.25, -0.2) is 14.4 Å². The SMILES string of the molecule is CC[C@@H]1C(=O)N(C)c2cnc(CCc3cnn(Cc4ccc(F)cc4)c3)nc2N1CC. The number of halogens is 1. The van der Waals surface area contributed by atoms with Crippen LogP contribution in [0.2, 0.25) is 0 Å². The molecule has 0 saturated heterocycles. The fourth-order valence-electron chi connectivity index (χ4n) is 4.01. The Hall–Kier alpha value is -3.29. The third-order valence-corrected chi connectivity index (χ3v) is 5.73. The minimum Gasteiger partial charge on any atom is -0.343 e. The van der Waals surface area contributed by atoms with Crippen LogP contribution in [0, 0.1) is 5.82 Å². The van der Waals surface area contributed by atoms with Crippen LogP contribution in [0.5, 0.6) is 0 Å². The van der Waals surface area contributed by atoms with Crippen LogP contribution in [-0.4, -0.2) is 45.3 Å². The number of hydrogen-bond acceptors (Lipinski definition) is 5. The summed E-state index contributed by atoms with van der Waals surface area (Å²) in [6.07, 6.45) is 7.78. The summed E-state index contributed by atoms with van der Waals surface area (Å²) >= 11 is 0. The molecule has 0 unspecified atom stereocenters. The third-order valence-electron chi connectivity index (χ3n) is 5.73. The van der Waals surface area contributed by atoms with Crippen LogP contribution in [0.25, 0.3) is 0 Å². The van der Waals surface area contributed by atoms with Gasteiger partial charge in [-0.3, -0.25) is 9.48 Å². The highest BCUT2D eigenvalue weighted by atomic mass is 19.1. The molecule has 0 aliphatic carbocycles. The van der Waals surface area contributed by atoms with E-state index in [9.17, 15) is 9.18 Å². The molecule has 162 valence electrons. The second kappa shape index (κ2) is 8.83. The van der Waals surface area contributed by atoms with E-state index in [0.717, 1.165) is 47.8 Å². The molecule has 4 rings (SSSR count). The van der Waals surface area contributed by atoms with Gasteiger partial charge in [0.05, 0.1) is 18.9 Å². The highest BCUT2D eigenvalue weighted by Crippen LogP contribution is 2.33. The van der Waals surface area contributed by atoms with Crippen molar-refractivity contribution < 1.29 is 9.18 Å². The van der Waals surface area contributed by atoms with E-state index < -0.39 is 0 Å². The largest absolute Gasteiger partial charge is 0.343 e. The molecule has 0 saturated carbocycles. The number of aryl methyl sites for hydroxylation is 2. The Morgan fingerprint density at radius 2 is 1.84 bits per heavy atom. The molecule has 3 heterocycles. The summed E-state index contributed by atoms with van der Waals surface area (Å²) in [6.45, 7) is 5.38. The molecular formula is C23H27FN6O. The van der Waals surface area contributed by atoms with Gasteiger partial charge in [-0.1, -0.05) is 19.1 Å². The van der Waals surface area contributed by atoms with E-state index in [4.69, 9.17) is 4.98 Å². The van der Waals surface area contributed by atoms with Crippen LogP contribution in [0.1, 0.15) is 37.2 Å². The van der Waals surface area contributed by atoms with Crippen molar-refractivity contribution in [1.82, 2.24) is 19.7 Å². The molecule has 8 heteroatoms. The smallest absolute Gasteiger partial charge is 0.249 e. The van der Waals surface area contributed by atoms with E-state index in [-0.39, 0.29) is 17.8 Å². The first-order chi connectivity index (χ1) is 15.0. The summed E-state index contributed by atoms with van der Waals surface area (Å²) in [7, 11) is 1.79. The standard InChI is InChI=1S/C23H27FN6O/c1-4-19-23(31)28(3)20-13-25-21(27-22(20)30(19)5-2)11-8-17-12-26-29(15-17)14-16-6-9-18(24)10-7-16/h6-7,9-10,12-13,15,19H,4-5,8,11,14H2,1-3H3/t19-/m1/s1. The third kappa shape index (κ3) is 4.28. The summed E-state index contributed by atoms with van der Waals surface area (Å²) in [5.74, 6) is 1.42. The number of carbonyl (C=O) groups excluding carboxylic acids is 1. The van der Waals surface area contributed by atoms with Crippen LogP contribution in [0.3, 0.4) is 0 Å². The van der Waals surface area contributed by atoms with Gasteiger partial charge in [-0.15, -0.1) is 0 Å². The number of carbonyl (C=O) groups is 1. The molecule has 0 fully saturated rings. The maximum absolute atomic E-state index is 13.1. The summed E-state index contributed by atoms with van der Waals surface area (Å²) in [6, 6.07) is 6.27. The van der Waals surface area contributed by atoms with Gasteiger partial charge >= 0.3 is 0 Å². The molecule has 1 atom stereocenters. The van der Waals surface area contributed by atoms with Crippen molar-refractivity contribution in [3.63, 3.8) is 0 Å². The highest BCUT2D eigenvalue weighted by molar-refractivity contribution is 6.04. The summed E-state index contributed by atoms with van der Waals surface area (Å²) in [5.41, 5.74) is 2.85. The van der Waals surface area contributed by atoms with Crippen molar-refractivity contribution in [2.24, 2.45) is 0 Å². The topological polar surface area (TPSA) is 67.2 Å². The van der Waals surface area contributed by atoms with Crippen LogP contribution in [0.15, 0.2) is 42.9 Å². The molecule has 2 aromatic heterocycles. The Bertz CT molecular complexity index is 1060. The number of nitrogens with zero attached hydrogens (tertiary/aromatic N) is 6. The number of hydrogen-bond donors (Lipinski definition) is 0. The number of likely N-dealkylation sites (N-methyl/N-ethyl adjacent to an activating group) is 2. The lowest BCUT2D eigenvalue weighted by Crippen LogP contribution is -2.52. The van der Waals surface area contributed by atoms with Gasteiger partial charge in [0.25, 0.3) is 0 Å². The van der Waals surface area contributed by atoms with Gasteiger partial charge in [0, 0.05) is 26.2 Å². The Kier molecular flexibility index (Phi) is 5.97. The molecular weight excluding hydrogens is 395 g/mol. The minimum absolute atomic E-state index is 0.0850. The van der Waals surface area contributed by atoms with E-state index >= 15 is 0 Å². The zero-order chi connectivity index (χ0) is 22.0. The van der Waals surface area contributed by atoms with E-state index in [2.05, 4.69) is 15.0 Å². The summed E-state index contributed by atoms with van der Waals surface area (Å²) < 4.78 is 14.9. The molecule has 7 nitrogen and oxygen atoms in total. The number of anilines is 2. The van der Waals surface area contributed by atoms with E-state index in [0.29, 0.717) is 13.0 Å². The molecule has 1 aromatic carbocycles. The molecule has 3 aromatic rings. The lowest BCUT2D eigenvalue weighted by molar-refractivity contribution is -0.120. The summed E-state index contributed by atoms with van der Waals surface area (Å²) in [4.78, 5) is 25.7. The van der Waals surface area contributed by atoms with Gasteiger partial charge in [-0.2, -0.15) is 5.10 Å². The van der Waals surface area contributed by atoms with Crippen LogP contribution in [-0.2, 0) is 24.2 Å². The Morgan fingerprint density at radius 3 is 2.55 bits per heavy atom. The van der Waals surface area contributed by atoms with Gasteiger partial charge in [0.2, 0.25) is 5.91 Å².